The number of hydrogen-bond acceptors (Lipinski definition) is 5. The molecule has 0 saturated carbocycles. The Hall–Kier alpha value is -1.30. The second-order valence-corrected chi connectivity index (χ2v) is 2.94. The monoisotopic (exact) mass is 199 g/mol. The van der Waals surface area contributed by atoms with Crippen LogP contribution in [0.25, 0.3) is 0 Å². The summed E-state index contributed by atoms with van der Waals surface area (Å²) < 4.78 is 5.34. The van der Waals surface area contributed by atoms with Crippen LogP contribution in [0.15, 0.2) is 0 Å². The summed E-state index contributed by atoms with van der Waals surface area (Å²) in [4.78, 5) is 3.89. The van der Waals surface area contributed by atoms with Gasteiger partial charge in [0.15, 0.2) is 0 Å². The molecule has 0 saturated heterocycles. The largest absolute Gasteiger partial charge is 0.380 e. The molecule has 0 aliphatic rings. The molecule has 0 radical (unpaired) electrons. The van der Waals surface area contributed by atoms with E-state index in [2.05, 4.69) is 27.4 Å². The average molecular weight is 199 g/mol. The Morgan fingerprint density at radius 2 is 2.36 bits per heavy atom. The van der Waals surface area contributed by atoms with Gasteiger partial charge >= 0.3 is 0 Å². The minimum Gasteiger partial charge on any atom is -0.380 e. The summed E-state index contributed by atoms with van der Waals surface area (Å²) in [6, 6.07) is 0. The van der Waals surface area contributed by atoms with Crippen molar-refractivity contribution in [3.05, 3.63) is 0 Å². The molecule has 6 heteroatoms. The Morgan fingerprint density at radius 3 is 3.00 bits per heavy atom. The SMILES string of the molecule is CCCCOCCNc1n[nH]c(N)n1. The van der Waals surface area contributed by atoms with E-state index in [-0.39, 0.29) is 0 Å². The van der Waals surface area contributed by atoms with Gasteiger partial charge in [-0.25, -0.2) is 5.10 Å². The highest BCUT2D eigenvalue weighted by molar-refractivity contribution is 5.29. The number of nitrogens with one attached hydrogen (secondary N) is 2. The number of nitrogens with two attached hydrogens (primary N) is 1. The molecule has 1 rings (SSSR count). The maximum Gasteiger partial charge on any atom is 0.243 e. The van der Waals surface area contributed by atoms with E-state index in [0.29, 0.717) is 25.0 Å². The van der Waals surface area contributed by atoms with E-state index in [9.17, 15) is 0 Å². The maximum atomic E-state index is 5.35. The third kappa shape index (κ3) is 4.08. The van der Waals surface area contributed by atoms with Crippen LogP contribution in [0.4, 0.5) is 11.9 Å². The van der Waals surface area contributed by atoms with Crippen molar-refractivity contribution in [2.24, 2.45) is 0 Å². The normalized spacial score (nSPS) is 10.4. The van der Waals surface area contributed by atoms with Gasteiger partial charge in [-0.05, 0) is 6.42 Å². The molecule has 14 heavy (non-hydrogen) atoms. The van der Waals surface area contributed by atoms with Crippen molar-refractivity contribution in [1.29, 1.82) is 0 Å². The lowest BCUT2D eigenvalue weighted by Crippen LogP contribution is -2.10. The van der Waals surface area contributed by atoms with Crippen molar-refractivity contribution in [2.75, 3.05) is 30.8 Å². The maximum absolute atomic E-state index is 5.35. The van der Waals surface area contributed by atoms with Crippen LogP contribution in [0.5, 0.6) is 0 Å². The smallest absolute Gasteiger partial charge is 0.243 e. The topological polar surface area (TPSA) is 88.8 Å². The molecule has 0 fully saturated rings. The van der Waals surface area contributed by atoms with Gasteiger partial charge in [0, 0.05) is 13.2 Å². The Bertz CT molecular complexity index is 250. The van der Waals surface area contributed by atoms with Gasteiger partial charge in [-0.1, -0.05) is 13.3 Å². The molecule has 1 aromatic rings. The van der Waals surface area contributed by atoms with E-state index in [1.165, 1.54) is 0 Å². The summed E-state index contributed by atoms with van der Waals surface area (Å²) in [6.07, 6.45) is 2.26. The zero-order valence-corrected chi connectivity index (χ0v) is 8.42. The van der Waals surface area contributed by atoms with Gasteiger partial charge in [0.25, 0.3) is 0 Å². The van der Waals surface area contributed by atoms with E-state index < -0.39 is 0 Å². The van der Waals surface area contributed by atoms with Crippen molar-refractivity contribution in [3.63, 3.8) is 0 Å². The van der Waals surface area contributed by atoms with Gasteiger partial charge < -0.3 is 15.8 Å². The van der Waals surface area contributed by atoms with Gasteiger partial charge in [-0.15, -0.1) is 5.10 Å². The fourth-order valence-corrected chi connectivity index (χ4v) is 0.937. The average Bonchev–Trinajstić information content (AvgIpc) is 2.58. The molecule has 0 amide bonds. The van der Waals surface area contributed by atoms with Gasteiger partial charge in [0.05, 0.1) is 6.61 Å². The lowest BCUT2D eigenvalue weighted by atomic mass is 10.4. The van der Waals surface area contributed by atoms with Crippen LogP contribution in [0, 0.1) is 0 Å². The number of nitrogen functional groups attached to an aromatic ring is 1. The zero-order valence-electron chi connectivity index (χ0n) is 8.42. The number of unbranched alkanes of at least 4 members (excludes halogenated alkanes) is 1. The molecular weight excluding hydrogens is 182 g/mol. The lowest BCUT2D eigenvalue weighted by Gasteiger charge is -2.02. The van der Waals surface area contributed by atoms with Crippen LogP contribution in [-0.4, -0.2) is 34.9 Å². The number of rotatable bonds is 7. The van der Waals surface area contributed by atoms with Crippen molar-refractivity contribution in [3.8, 4) is 0 Å². The molecule has 1 aromatic heterocycles. The van der Waals surface area contributed by atoms with Crippen LogP contribution >= 0.6 is 0 Å². The first kappa shape index (κ1) is 10.8. The second kappa shape index (κ2) is 6.20. The molecule has 0 spiro atoms. The fourth-order valence-electron chi connectivity index (χ4n) is 0.937. The third-order valence-electron chi connectivity index (χ3n) is 1.67. The number of nitrogens with zero attached hydrogens (tertiary/aromatic N) is 2. The van der Waals surface area contributed by atoms with Gasteiger partial charge in [0.2, 0.25) is 11.9 Å². The third-order valence-corrected chi connectivity index (χ3v) is 1.67. The number of ether oxygens (including phenoxy) is 1. The van der Waals surface area contributed by atoms with Crippen molar-refractivity contribution < 1.29 is 4.74 Å². The first-order valence-corrected chi connectivity index (χ1v) is 4.82. The predicted molar refractivity (Wildman–Crippen MR) is 55.0 cm³/mol. The van der Waals surface area contributed by atoms with Crippen LogP contribution in [0.1, 0.15) is 19.8 Å². The van der Waals surface area contributed by atoms with Crippen molar-refractivity contribution >= 4 is 11.9 Å². The molecule has 0 aromatic carbocycles. The summed E-state index contributed by atoms with van der Waals surface area (Å²) in [5.41, 5.74) is 5.35. The van der Waals surface area contributed by atoms with E-state index in [4.69, 9.17) is 10.5 Å². The molecule has 1 heterocycles. The quantitative estimate of drug-likeness (QED) is 0.560. The van der Waals surface area contributed by atoms with Crippen molar-refractivity contribution in [1.82, 2.24) is 15.2 Å². The molecule has 0 aliphatic heterocycles. The zero-order chi connectivity index (χ0) is 10.2. The summed E-state index contributed by atoms with van der Waals surface area (Å²) in [5.74, 6) is 0.834. The Kier molecular flexibility index (Phi) is 4.77. The summed E-state index contributed by atoms with van der Waals surface area (Å²) in [5, 5.41) is 9.35. The summed E-state index contributed by atoms with van der Waals surface area (Å²) >= 11 is 0. The fraction of sp³-hybridized carbons (Fsp3) is 0.750. The summed E-state index contributed by atoms with van der Waals surface area (Å²) in [7, 11) is 0. The minimum absolute atomic E-state index is 0.319. The van der Waals surface area contributed by atoms with E-state index in [1.54, 1.807) is 0 Å². The number of anilines is 2. The molecule has 0 aliphatic carbocycles. The lowest BCUT2D eigenvalue weighted by molar-refractivity contribution is 0.141. The molecule has 80 valence electrons. The van der Waals surface area contributed by atoms with Gasteiger partial charge in [0.1, 0.15) is 0 Å². The van der Waals surface area contributed by atoms with Crippen LogP contribution in [-0.2, 0) is 4.74 Å². The first-order valence-electron chi connectivity index (χ1n) is 4.82. The van der Waals surface area contributed by atoms with E-state index >= 15 is 0 Å². The second-order valence-electron chi connectivity index (χ2n) is 2.94. The molecule has 0 unspecified atom stereocenters. The Morgan fingerprint density at radius 1 is 1.50 bits per heavy atom. The van der Waals surface area contributed by atoms with Gasteiger partial charge in [-0.3, -0.25) is 0 Å². The number of H-pyrrole nitrogens is 1. The highest BCUT2D eigenvalue weighted by atomic mass is 16.5. The molecular formula is C8H17N5O. The summed E-state index contributed by atoms with van der Waals surface area (Å²) in [6.45, 7) is 4.31. The highest BCUT2D eigenvalue weighted by Gasteiger charge is 1.97. The van der Waals surface area contributed by atoms with Crippen LogP contribution < -0.4 is 11.1 Å². The number of aromatic nitrogens is 3. The van der Waals surface area contributed by atoms with Gasteiger partial charge in [-0.2, -0.15) is 4.98 Å². The predicted octanol–water partition coefficient (Wildman–Crippen LogP) is 0.615. The molecule has 0 atom stereocenters. The van der Waals surface area contributed by atoms with Crippen molar-refractivity contribution in [2.45, 2.75) is 19.8 Å². The number of hydrogen-bond donors (Lipinski definition) is 3. The minimum atomic E-state index is 0.319. The first-order chi connectivity index (χ1) is 6.83. The number of aromatic amines is 1. The highest BCUT2D eigenvalue weighted by Crippen LogP contribution is 1.97. The van der Waals surface area contributed by atoms with E-state index in [1.807, 2.05) is 0 Å². The standard InChI is InChI=1S/C8H17N5O/c1-2-3-5-14-6-4-10-8-11-7(9)12-13-8/h2-6H2,1H3,(H4,9,10,11,12,13). The van der Waals surface area contributed by atoms with Crippen LogP contribution in [0.3, 0.4) is 0 Å². The van der Waals surface area contributed by atoms with E-state index in [0.717, 1.165) is 19.4 Å². The Labute approximate surface area is 83.2 Å². The molecule has 0 bridgehead atoms. The Balaban J connectivity index is 1.99. The molecule has 6 nitrogen and oxygen atoms in total. The molecule has 4 N–H and O–H groups in total. The van der Waals surface area contributed by atoms with Crippen LogP contribution in [0.2, 0.25) is 0 Å².